The van der Waals surface area contributed by atoms with Gasteiger partial charge < -0.3 is 16.0 Å². The van der Waals surface area contributed by atoms with E-state index in [1.165, 1.54) is 25.7 Å². The molecule has 0 bridgehead atoms. The fourth-order valence-electron chi connectivity index (χ4n) is 3.47. The van der Waals surface area contributed by atoms with E-state index in [0.29, 0.717) is 11.9 Å². The summed E-state index contributed by atoms with van der Waals surface area (Å²) in [5, 5.41) is 3.30. The number of likely N-dealkylation sites (tertiary alicyclic amines) is 1. The highest BCUT2D eigenvalue weighted by Gasteiger charge is 2.32. The van der Waals surface area contributed by atoms with Gasteiger partial charge in [-0.25, -0.2) is 0 Å². The third kappa shape index (κ3) is 3.93. The van der Waals surface area contributed by atoms with Gasteiger partial charge in [-0.15, -0.1) is 0 Å². The molecule has 1 aliphatic carbocycles. The van der Waals surface area contributed by atoms with Crippen molar-refractivity contribution in [1.29, 1.82) is 0 Å². The maximum atomic E-state index is 12.7. The molecule has 1 saturated carbocycles. The summed E-state index contributed by atoms with van der Waals surface area (Å²) in [6, 6.07) is 0.533. The number of rotatable bonds is 2. The Morgan fingerprint density at radius 1 is 1.11 bits per heavy atom. The smallest absolute Gasteiger partial charge is 0.227 e. The lowest BCUT2D eigenvalue weighted by Gasteiger charge is -2.36. The lowest BCUT2D eigenvalue weighted by Crippen LogP contribution is -2.51. The van der Waals surface area contributed by atoms with Crippen molar-refractivity contribution in [2.24, 2.45) is 11.7 Å². The minimum atomic E-state index is 0.0657. The topological polar surface area (TPSA) is 58.4 Å². The summed E-state index contributed by atoms with van der Waals surface area (Å²) in [5.74, 6) is 0.380. The Hall–Kier alpha value is -0.610. The van der Waals surface area contributed by atoms with Gasteiger partial charge in [-0.3, -0.25) is 4.79 Å². The Bertz CT molecular complexity index is 295. The second-order valence-corrected chi connectivity index (χ2v) is 6.17. The maximum Gasteiger partial charge on any atom is 0.227 e. The average Bonchev–Trinajstić information content (AvgIpc) is 2.43. The number of amides is 1. The largest absolute Gasteiger partial charge is 0.341 e. The number of piperidine rings is 1. The van der Waals surface area contributed by atoms with Crippen LogP contribution in [0.15, 0.2) is 0 Å². The summed E-state index contributed by atoms with van der Waals surface area (Å²) in [4.78, 5) is 14.8. The number of likely N-dealkylation sites (N-methyl/N-ethyl adjacent to an activating group) is 1. The minimum absolute atomic E-state index is 0.0657. The Kier molecular flexibility index (Phi) is 5.64. The molecule has 19 heavy (non-hydrogen) atoms. The van der Waals surface area contributed by atoms with E-state index < -0.39 is 0 Å². The molecule has 0 spiro atoms. The number of nitrogens with one attached hydrogen (secondary N) is 1. The van der Waals surface area contributed by atoms with Gasteiger partial charge in [-0.1, -0.05) is 25.7 Å². The number of hydrogen-bond acceptors (Lipinski definition) is 3. The molecule has 1 heterocycles. The Labute approximate surface area is 117 Å². The third-order valence-corrected chi connectivity index (χ3v) is 4.78. The summed E-state index contributed by atoms with van der Waals surface area (Å²) in [6.45, 7) is 1.78. The summed E-state index contributed by atoms with van der Waals surface area (Å²) in [6.07, 6.45) is 9.17. The SMILES string of the molecule is CNC1CCCN(C(=O)C2CCCCCCC2N)C1. The maximum absolute atomic E-state index is 12.7. The van der Waals surface area contributed by atoms with Gasteiger partial charge in [0.25, 0.3) is 0 Å². The predicted molar refractivity (Wildman–Crippen MR) is 77.8 cm³/mol. The van der Waals surface area contributed by atoms with Gasteiger partial charge in [-0.05, 0) is 32.7 Å². The summed E-state index contributed by atoms with van der Waals surface area (Å²) < 4.78 is 0. The zero-order valence-corrected chi connectivity index (χ0v) is 12.2. The minimum Gasteiger partial charge on any atom is -0.341 e. The van der Waals surface area contributed by atoms with Crippen molar-refractivity contribution in [2.45, 2.75) is 63.5 Å². The number of carbonyl (C=O) groups excluding carboxylic acids is 1. The molecule has 2 rings (SSSR count). The molecule has 0 aromatic heterocycles. The van der Waals surface area contributed by atoms with Crippen LogP contribution in [0.5, 0.6) is 0 Å². The van der Waals surface area contributed by atoms with E-state index in [0.717, 1.165) is 38.8 Å². The highest BCUT2D eigenvalue weighted by Crippen LogP contribution is 2.24. The fourth-order valence-corrected chi connectivity index (χ4v) is 3.47. The van der Waals surface area contributed by atoms with Gasteiger partial charge in [-0.2, -0.15) is 0 Å². The first-order chi connectivity index (χ1) is 9.22. The molecular weight excluding hydrogens is 238 g/mol. The quantitative estimate of drug-likeness (QED) is 0.797. The van der Waals surface area contributed by atoms with Crippen molar-refractivity contribution in [1.82, 2.24) is 10.2 Å². The molecule has 2 fully saturated rings. The van der Waals surface area contributed by atoms with Crippen LogP contribution in [0.2, 0.25) is 0 Å². The first-order valence-electron chi connectivity index (χ1n) is 7.94. The van der Waals surface area contributed by atoms with Gasteiger partial charge in [0.05, 0.1) is 5.92 Å². The van der Waals surface area contributed by atoms with Crippen LogP contribution in [0.3, 0.4) is 0 Å². The highest BCUT2D eigenvalue weighted by atomic mass is 16.2. The van der Waals surface area contributed by atoms with Gasteiger partial charge in [0, 0.05) is 25.2 Å². The van der Waals surface area contributed by atoms with Crippen molar-refractivity contribution in [3.05, 3.63) is 0 Å². The van der Waals surface area contributed by atoms with Gasteiger partial charge in [0.2, 0.25) is 5.91 Å². The van der Waals surface area contributed by atoms with Crippen molar-refractivity contribution >= 4 is 5.91 Å². The molecule has 3 unspecified atom stereocenters. The second-order valence-electron chi connectivity index (χ2n) is 6.17. The number of carbonyl (C=O) groups is 1. The van der Waals surface area contributed by atoms with Crippen LogP contribution in [0.4, 0.5) is 0 Å². The van der Waals surface area contributed by atoms with E-state index in [1.807, 2.05) is 7.05 Å². The molecule has 1 saturated heterocycles. The molecular formula is C15H29N3O. The normalized spacial score (nSPS) is 33.6. The van der Waals surface area contributed by atoms with E-state index in [-0.39, 0.29) is 12.0 Å². The molecule has 2 aliphatic rings. The second kappa shape index (κ2) is 7.25. The van der Waals surface area contributed by atoms with Crippen molar-refractivity contribution < 1.29 is 4.79 Å². The standard InChI is InChI=1S/C15H29N3O/c1-17-12-7-6-10-18(11-12)15(19)13-8-4-2-3-5-9-14(13)16/h12-14,17H,2-11,16H2,1H3. The van der Waals surface area contributed by atoms with Crippen molar-refractivity contribution in [2.75, 3.05) is 20.1 Å². The van der Waals surface area contributed by atoms with Crippen LogP contribution in [0.25, 0.3) is 0 Å². The highest BCUT2D eigenvalue weighted by molar-refractivity contribution is 5.79. The lowest BCUT2D eigenvalue weighted by molar-refractivity contribution is -0.138. The summed E-state index contributed by atoms with van der Waals surface area (Å²) >= 11 is 0. The van der Waals surface area contributed by atoms with E-state index in [4.69, 9.17) is 5.73 Å². The van der Waals surface area contributed by atoms with Crippen LogP contribution in [0, 0.1) is 5.92 Å². The van der Waals surface area contributed by atoms with Crippen LogP contribution in [-0.4, -0.2) is 43.0 Å². The van der Waals surface area contributed by atoms with Gasteiger partial charge in [0.15, 0.2) is 0 Å². The molecule has 4 nitrogen and oxygen atoms in total. The average molecular weight is 267 g/mol. The van der Waals surface area contributed by atoms with Crippen LogP contribution < -0.4 is 11.1 Å². The molecule has 4 heteroatoms. The van der Waals surface area contributed by atoms with Crippen molar-refractivity contribution in [3.8, 4) is 0 Å². The van der Waals surface area contributed by atoms with E-state index in [9.17, 15) is 4.79 Å². The predicted octanol–water partition coefficient (Wildman–Crippen LogP) is 1.49. The van der Waals surface area contributed by atoms with Gasteiger partial charge in [0.1, 0.15) is 0 Å². The molecule has 110 valence electrons. The first kappa shape index (κ1) is 14.8. The van der Waals surface area contributed by atoms with E-state index in [2.05, 4.69) is 10.2 Å². The fraction of sp³-hybridized carbons (Fsp3) is 0.933. The first-order valence-corrected chi connectivity index (χ1v) is 7.94. The monoisotopic (exact) mass is 267 g/mol. The molecule has 0 radical (unpaired) electrons. The lowest BCUT2D eigenvalue weighted by atomic mass is 9.86. The number of hydrogen-bond donors (Lipinski definition) is 2. The zero-order valence-electron chi connectivity index (χ0n) is 12.2. The van der Waals surface area contributed by atoms with Crippen LogP contribution in [0.1, 0.15) is 51.4 Å². The Morgan fingerprint density at radius 2 is 1.84 bits per heavy atom. The molecule has 1 amide bonds. The molecule has 0 aromatic carbocycles. The number of nitrogens with zero attached hydrogens (tertiary/aromatic N) is 1. The summed E-state index contributed by atoms with van der Waals surface area (Å²) in [5.41, 5.74) is 6.26. The molecule has 0 aromatic rings. The molecule has 1 aliphatic heterocycles. The third-order valence-electron chi connectivity index (χ3n) is 4.78. The van der Waals surface area contributed by atoms with E-state index in [1.54, 1.807) is 0 Å². The Morgan fingerprint density at radius 3 is 2.58 bits per heavy atom. The van der Waals surface area contributed by atoms with Crippen molar-refractivity contribution in [3.63, 3.8) is 0 Å². The summed E-state index contributed by atoms with van der Waals surface area (Å²) in [7, 11) is 1.99. The molecule has 3 atom stereocenters. The van der Waals surface area contributed by atoms with E-state index >= 15 is 0 Å². The number of nitrogens with two attached hydrogens (primary N) is 1. The van der Waals surface area contributed by atoms with Gasteiger partial charge >= 0.3 is 0 Å². The Balaban J connectivity index is 1.95. The zero-order chi connectivity index (χ0) is 13.7. The van der Waals surface area contributed by atoms with Crippen LogP contribution in [-0.2, 0) is 4.79 Å². The molecule has 3 N–H and O–H groups in total. The van der Waals surface area contributed by atoms with Crippen LogP contribution >= 0.6 is 0 Å².